The highest BCUT2D eigenvalue weighted by Crippen LogP contribution is 2.25. The first-order chi connectivity index (χ1) is 13.3. The average molecular weight is 365 g/mol. The minimum absolute atomic E-state index is 0.661. The Morgan fingerprint density at radius 1 is 0.667 bits per heavy atom. The Morgan fingerprint density at radius 2 is 1.15 bits per heavy atom. The molecule has 0 N–H and O–H groups in total. The highest BCUT2D eigenvalue weighted by atomic mass is 16.5. The number of ether oxygens (including phenoxy) is 2. The molecule has 0 aliphatic rings. The van der Waals surface area contributed by atoms with E-state index < -0.39 is 0 Å². The molecule has 0 fully saturated rings. The van der Waals surface area contributed by atoms with Gasteiger partial charge in [0.25, 0.3) is 0 Å². The number of hydrogen-bond donors (Lipinski definition) is 0. The highest BCUT2D eigenvalue weighted by molar-refractivity contribution is 5.64. The monoisotopic (exact) mass is 364 g/mol. The third-order valence-corrected chi connectivity index (χ3v) is 4.54. The van der Waals surface area contributed by atoms with E-state index in [2.05, 4.69) is 49.2 Å². The second-order valence-electron chi connectivity index (χ2n) is 6.82. The molecule has 0 atom stereocenters. The van der Waals surface area contributed by atoms with Crippen LogP contribution in [0.4, 0.5) is 0 Å². The first-order valence-corrected chi connectivity index (χ1v) is 10.2. The van der Waals surface area contributed by atoms with E-state index in [1.165, 1.54) is 43.2 Å². The van der Waals surface area contributed by atoms with Gasteiger partial charge in [0.05, 0.1) is 13.2 Å². The maximum Gasteiger partial charge on any atom is 0.119 e. The number of hydrogen-bond acceptors (Lipinski definition) is 2. The number of rotatable bonds is 13. The van der Waals surface area contributed by atoms with Crippen LogP contribution >= 0.6 is 0 Å². The predicted octanol–water partition coefficient (Wildman–Crippen LogP) is 6.89. The quantitative estimate of drug-likeness (QED) is 0.285. The molecule has 0 aliphatic heterocycles. The molecule has 0 aromatic heterocycles. The van der Waals surface area contributed by atoms with Crippen LogP contribution in [0.1, 0.15) is 58.3 Å². The Balaban J connectivity index is 1.73. The van der Waals surface area contributed by atoms with Crippen LogP contribution in [0.3, 0.4) is 0 Å². The Kier molecular flexibility index (Phi) is 9.97. The van der Waals surface area contributed by atoms with Crippen molar-refractivity contribution in [2.24, 2.45) is 0 Å². The van der Waals surface area contributed by atoms with Gasteiger partial charge in [-0.25, -0.2) is 0 Å². The van der Waals surface area contributed by atoms with Gasteiger partial charge in [0.1, 0.15) is 11.5 Å². The zero-order valence-electron chi connectivity index (χ0n) is 16.6. The number of benzene rings is 2. The molecule has 144 valence electrons. The van der Waals surface area contributed by atoms with Crippen LogP contribution in [0.25, 0.3) is 11.1 Å². The third-order valence-electron chi connectivity index (χ3n) is 4.54. The Morgan fingerprint density at radius 3 is 1.67 bits per heavy atom. The maximum absolute atomic E-state index is 5.85. The van der Waals surface area contributed by atoms with Crippen LogP contribution < -0.4 is 9.47 Å². The highest BCUT2D eigenvalue weighted by Gasteiger charge is 2.01. The summed E-state index contributed by atoms with van der Waals surface area (Å²) in [5.41, 5.74) is 2.36. The van der Waals surface area contributed by atoms with Gasteiger partial charge < -0.3 is 9.47 Å². The summed E-state index contributed by atoms with van der Waals surface area (Å²) in [7, 11) is 0. The van der Waals surface area contributed by atoms with E-state index in [4.69, 9.17) is 15.9 Å². The van der Waals surface area contributed by atoms with Crippen molar-refractivity contribution < 1.29 is 9.47 Å². The van der Waals surface area contributed by atoms with Crippen molar-refractivity contribution in [2.45, 2.75) is 58.3 Å². The average Bonchev–Trinajstić information content (AvgIpc) is 2.71. The van der Waals surface area contributed by atoms with Gasteiger partial charge in [-0.2, -0.15) is 0 Å². The Labute approximate surface area is 164 Å². The van der Waals surface area contributed by atoms with Crippen molar-refractivity contribution in [3.05, 3.63) is 48.5 Å². The molecule has 2 nitrogen and oxygen atoms in total. The van der Waals surface area contributed by atoms with Crippen molar-refractivity contribution in [3.63, 3.8) is 0 Å². The minimum atomic E-state index is 0.661. The molecule has 2 heteroatoms. The van der Waals surface area contributed by atoms with Gasteiger partial charge in [0.2, 0.25) is 0 Å². The lowest BCUT2D eigenvalue weighted by atomic mass is 10.1. The molecular weight excluding hydrogens is 332 g/mol. The molecule has 2 aromatic carbocycles. The standard InChI is InChI=1S/C25H32O2/c1-3-5-7-8-9-11-21-27-25-18-14-23(15-19-25)22-12-16-24(17-13-22)26-20-10-6-4-2/h2,12-19H,3,5-11,20-21H2,1H3. The number of unbranched alkanes of at least 4 members (excludes halogenated alkanes) is 6. The van der Waals surface area contributed by atoms with E-state index >= 15 is 0 Å². The third kappa shape index (κ3) is 8.22. The molecule has 0 saturated heterocycles. The van der Waals surface area contributed by atoms with Crippen molar-refractivity contribution in [1.29, 1.82) is 0 Å². The van der Waals surface area contributed by atoms with Crippen LogP contribution in [0.2, 0.25) is 0 Å². The summed E-state index contributed by atoms with van der Waals surface area (Å²) >= 11 is 0. The molecule has 2 rings (SSSR count). The van der Waals surface area contributed by atoms with Gasteiger partial charge in [0.15, 0.2) is 0 Å². The summed E-state index contributed by atoms with van der Waals surface area (Å²) in [6.45, 7) is 3.71. The topological polar surface area (TPSA) is 18.5 Å². The van der Waals surface area contributed by atoms with E-state index in [1.54, 1.807) is 0 Å². The van der Waals surface area contributed by atoms with Crippen molar-refractivity contribution in [2.75, 3.05) is 13.2 Å². The van der Waals surface area contributed by atoms with Crippen LogP contribution in [-0.2, 0) is 0 Å². The number of terminal acetylenes is 1. The molecule has 0 bridgehead atoms. The lowest BCUT2D eigenvalue weighted by Gasteiger charge is -2.09. The summed E-state index contributed by atoms with van der Waals surface area (Å²) in [6.07, 6.45) is 14.6. The molecule has 0 unspecified atom stereocenters. The molecule has 0 heterocycles. The normalized spacial score (nSPS) is 10.4. The molecule has 0 radical (unpaired) electrons. The predicted molar refractivity (Wildman–Crippen MR) is 114 cm³/mol. The van der Waals surface area contributed by atoms with Crippen molar-refractivity contribution in [1.82, 2.24) is 0 Å². The smallest absolute Gasteiger partial charge is 0.119 e. The van der Waals surface area contributed by atoms with Gasteiger partial charge in [-0.15, -0.1) is 12.3 Å². The van der Waals surface area contributed by atoms with E-state index in [1.807, 2.05) is 12.1 Å². The van der Waals surface area contributed by atoms with E-state index in [0.29, 0.717) is 6.61 Å². The first-order valence-electron chi connectivity index (χ1n) is 10.2. The summed E-state index contributed by atoms with van der Waals surface area (Å²) < 4.78 is 11.5. The van der Waals surface area contributed by atoms with E-state index in [9.17, 15) is 0 Å². The Bertz CT molecular complexity index is 665. The summed E-state index contributed by atoms with van der Waals surface area (Å²) in [4.78, 5) is 0. The summed E-state index contributed by atoms with van der Waals surface area (Å²) in [6, 6.07) is 16.5. The Hall–Kier alpha value is -2.40. The second-order valence-corrected chi connectivity index (χ2v) is 6.82. The second kappa shape index (κ2) is 12.9. The summed E-state index contributed by atoms with van der Waals surface area (Å²) in [5.74, 6) is 4.45. The zero-order chi connectivity index (χ0) is 19.2. The summed E-state index contributed by atoms with van der Waals surface area (Å²) in [5, 5.41) is 0. The van der Waals surface area contributed by atoms with Crippen molar-refractivity contribution >= 4 is 0 Å². The van der Waals surface area contributed by atoms with Crippen LogP contribution in [0.5, 0.6) is 11.5 Å². The molecule has 2 aromatic rings. The fourth-order valence-electron chi connectivity index (χ4n) is 2.92. The molecule has 27 heavy (non-hydrogen) atoms. The molecule has 0 spiro atoms. The van der Waals surface area contributed by atoms with Gasteiger partial charge in [-0.05, 0) is 48.2 Å². The van der Waals surface area contributed by atoms with Gasteiger partial charge >= 0.3 is 0 Å². The SMILES string of the molecule is C#CCCCOc1ccc(-c2ccc(OCCCCCCCC)cc2)cc1. The molecule has 0 aliphatic carbocycles. The van der Waals surface area contributed by atoms with Gasteiger partial charge in [0, 0.05) is 6.42 Å². The molecule has 0 saturated carbocycles. The lowest BCUT2D eigenvalue weighted by molar-refractivity contribution is 0.304. The largest absolute Gasteiger partial charge is 0.494 e. The first kappa shape index (κ1) is 20.9. The minimum Gasteiger partial charge on any atom is -0.494 e. The van der Waals surface area contributed by atoms with E-state index in [0.717, 1.165) is 37.4 Å². The fraction of sp³-hybridized carbons (Fsp3) is 0.440. The van der Waals surface area contributed by atoms with Crippen LogP contribution in [0, 0.1) is 12.3 Å². The van der Waals surface area contributed by atoms with Gasteiger partial charge in [-0.1, -0.05) is 63.3 Å². The van der Waals surface area contributed by atoms with Crippen molar-refractivity contribution in [3.8, 4) is 35.0 Å². The van der Waals surface area contributed by atoms with Crippen LogP contribution in [0.15, 0.2) is 48.5 Å². The molecule has 0 amide bonds. The lowest BCUT2D eigenvalue weighted by Crippen LogP contribution is -1.97. The van der Waals surface area contributed by atoms with Gasteiger partial charge in [-0.3, -0.25) is 0 Å². The maximum atomic E-state index is 5.85. The fourth-order valence-corrected chi connectivity index (χ4v) is 2.92. The zero-order valence-corrected chi connectivity index (χ0v) is 16.6. The van der Waals surface area contributed by atoms with Crippen LogP contribution in [-0.4, -0.2) is 13.2 Å². The molecular formula is C25H32O2. The van der Waals surface area contributed by atoms with E-state index in [-0.39, 0.29) is 0 Å².